The average Bonchev–Trinajstić information content (AvgIpc) is 2.82. The number of nitrogens with one attached hydrogen (secondary N) is 1. The fraction of sp³-hybridized carbons (Fsp3) is 0.240. The molecule has 3 aromatic carbocycles. The van der Waals surface area contributed by atoms with Gasteiger partial charge in [0.2, 0.25) is 10.0 Å². The van der Waals surface area contributed by atoms with Gasteiger partial charge in [0.25, 0.3) is 5.91 Å². The number of fused-ring (bicyclic) bond motifs is 1. The molecule has 0 fully saturated rings. The summed E-state index contributed by atoms with van der Waals surface area (Å²) in [6, 6.07) is 21.3. The van der Waals surface area contributed by atoms with E-state index >= 15 is 0 Å². The molecule has 1 aliphatic heterocycles. The van der Waals surface area contributed by atoms with E-state index in [9.17, 15) is 13.2 Å². The summed E-state index contributed by atoms with van der Waals surface area (Å²) in [6.07, 6.45) is 1.17. The van der Waals surface area contributed by atoms with Crippen molar-refractivity contribution in [1.82, 2.24) is 5.32 Å². The number of hydrogen-bond donors (Lipinski definition) is 1. The maximum absolute atomic E-state index is 12.8. The minimum atomic E-state index is -3.50. The van der Waals surface area contributed by atoms with Crippen molar-refractivity contribution in [1.29, 1.82) is 0 Å². The van der Waals surface area contributed by atoms with Gasteiger partial charge in [-0.1, -0.05) is 36.4 Å². The second kappa shape index (κ2) is 9.54. The number of rotatable bonds is 7. The lowest BCUT2D eigenvalue weighted by atomic mass is 10.1. The largest absolute Gasteiger partial charge is 0.486 e. The SMILES string of the molecule is C[C@H](NC(=O)c1ccc(N(Cc2ccccc2)S(C)(=O)=O)cc1)c1ccc2c(c1)OCCO2. The van der Waals surface area contributed by atoms with E-state index in [2.05, 4.69) is 5.32 Å². The number of carbonyl (C=O) groups excluding carboxylic acids is 1. The first-order valence-corrected chi connectivity index (χ1v) is 12.5. The fourth-order valence-corrected chi connectivity index (χ4v) is 4.51. The molecule has 8 heteroatoms. The molecule has 1 N–H and O–H groups in total. The maximum Gasteiger partial charge on any atom is 0.251 e. The topological polar surface area (TPSA) is 84.9 Å². The third-order valence-corrected chi connectivity index (χ3v) is 6.54. The van der Waals surface area contributed by atoms with Gasteiger partial charge in [-0.25, -0.2) is 8.42 Å². The van der Waals surface area contributed by atoms with E-state index in [1.54, 1.807) is 24.3 Å². The van der Waals surface area contributed by atoms with Gasteiger partial charge in [0, 0.05) is 5.56 Å². The Bertz CT molecular complexity index is 1230. The number of ether oxygens (including phenoxy) is 2. The molecule has 3 aromatic rings. The Labute approximate surface area is 194 Å². The van der Waals surface area contributed by atoms with E-state index in [1.807, 2.05) is 55.5 Å². The predicted molar refractivity (Wildman–Crippen MR) is 127 cm³/mol. The van der Waals surface area contributed by atoms with Crippen molar-refractivity contribution in [3.63, 3.8) is 0 Å². The lowest BCUT2D eigenvalue weighted by Gasteiger charge is -2.23. The molecule has 0 bridgehead atoms. The summed E-state index contributed by atoms with van der Waals surface area (Å²) in [5, 5.41) is 2.97. The van der Waals surface area contributed by atoms with E-state index in [4.69, 9.17) is 9.47 Å². The third-order valence-electron chi connectivity index (χ3n) is 5.40. The quantitative estimate of drug-likeness (QED) is 0.571. The molecule has 4 rings (SSSR count). The van der Waals surface area contributed by atoms with E-state index in [0.29, 0.717) is 36.0 Å². The number of nitrogens with zero attached hydrogens (tertiary/aromatic N) is 1. The molecule has 0 unspecified atom stereocenters. The number of sulfonamides is 1. The van der Waals surface area contributed by atoms with Gasteiger partial charge in [-0.3, -0.25) is 9.10 Å². The first-order chi connectivity index (χ1) is 15.8. The number of amides is 1. The molecule has 0 aliphatic carbocycles. The van der Waals surface area contributed by atoms with Crippen molar-refractivity contribution < 1.29 is 22.7 Å². The second-order valence-electron chi connectivity index (χ2n) is 7.90. The summed E-state index contributed by atoms with van der Waals surface area (Å²) in [6.45, 7) is 3.13. The van der Waals surface area contributed by atoms with Crippen molar-refractivity contribution in [2.45, 2.75) is 19.5 Å². The number of anilines is 1. The Morgan fingerprint density at radius 3 is 2.30 bits per heavy atom. The molecule has 0 saturated carbocycles. The Kier molecular flexibility index (Phi) is 6.55. The van der Waals surface area contributed by atoms with Crippen LogP contribution in [0, 0.1) is 0 Å². The van der Waals surface area contributed by atoms with E-state index in [0.717, 1.165) is 11.1 Å². The van der Waals surface area contributed by atoms with Gasteiger partial charge < -0.3 is 14.8 Å². The summed E-state index contributed by atoms with van der Waals surface area (Å²) in [5.74, 6) is 1.12. The number of benzene rings is 3. The van der Waals surface area contributed by atoms with Gasteiger partial charge in [-0.15, -0.1) is 0 Å². The lowest BCUT2D eigenvalue weighted by Crippen LogP contribution is -2.29. The summed E-state index contributed by atoms with van der Waals surface area (Å²) in [5.41, 5.74) is 2.71. The highest BCUT2D eigenvalue weighted by atomic mass is 32.2. The summed E-state index contributed by atoms with van der Waals surface area (Å²) in [7, 11) is -3.50. The minimum absolute atomic E-state index is 0.215. The molecule has 1 heterocycles. The smallest absolute Gasteiger partial charge is 0.251 e. The van der Waals surface area contributed by atoms with Crippen molar-refractivity contribution in [2.75, 3.05) is 23.8 Å². The summed E-state index contributed by atoms with van der Waals surface area (Å²) >= 11 is 0. The molecule has 0 saturated heterocycles. The van der Waals surface area contributed by atoms with E-state index in [-0.39, 0.29) is 18.5 Å². The Balaban J connectivity index is 1.47. The average molecular weight is 467 g/mol. The molecule has 0 spiro atoms. The van der Waals surface area contributed by atoms with Gasteiger partial charge in [0.1, 0.15) is 13.2 Å². The van der Waals surface area contributed by atoms with E-state index in [1.165, 1.54) is 10.6 Å². The zero-order valence-corrected chi connectivity index (χ0v) is 19.3. The van der Waals surface area contributed by atoms with Gasteiger partial charge in [-0.2, -0.15) is 0 Å². The van der Waals surface area contributed by atoms with Crippen LogP contribution in [0.25, 0.3) is 0 Å². The Morgan fingerprint density at radius 1 is 0.970 bits per heavy atom. The normalized spacial score (nSPS) is 13.8. The molecule has 1 aliphatic rings. The molecule has 0 aromatic heterocycles. The predicted octanol–water partition coefficient (Wildman–Crippen LogP) is 3.92. The van der Waals surface area contributed by atoms with Crippen LogP contribution in [0.2, 0.25) is 0 Å². The Morgan fingerprint density at radius 2 is 1.64 bits per heavy atom. The van der Waals surface area contributed by atoms with Crippen LogP contribution in [-0.2, 0) is 16.6 Å². The van der Waals surface area contributed by atoms with Gasteiger partial charge in [0.05, 0.1) is 24.5 Å². The first kappa shape index (κ1) is 22.7. The third kappa shape index (κ3) is 5.46. The highest BCUT2D eigenvalue weighted by molar-refractivity contribution is 7.92. The zero-order chi connectivity index (χ0) is 23.4. The highest BCUT2D eigenvalue weighted by Gasteiger charge is 2.20. The molecule has 33 heavy (non-hydrogen) atoms. The van der Waals surface area contributed by atoms with Crippen molar-refractivity contribution in [3.8, 4) is 11.5 Å². The summed E-state index contributed by atoms with van der Waals surface area (Å²) < 4.78 is 37.3. The van der Waals surface area contributed by atoms with Crippen LogP contribution in [0.5, 0.6) is 11.5 Å². The highest BCUT2D eigenvalue weighted by Crippen LogP contribution is 2.32. The molecule has 172 valence electrons. The van der Waals surface area contributed by atoms with Crippen LogP contribution in [0.4, 0.5) is 5.69 Å². The van der Waals surface area contributed by atoms with Gasteiger partial charge >= 0.3 is 0 Å². The fourth-order valence-electron chi connectivity index (χ4n) is 3.62. The van der Waals surface area contributed by atoms with Gasteiger partial charge in [0.15, 0.2) is 11.5 Å². The van der Waals surface area contributed by atoms with E-state index < -0.39 is 10.0 Å². The minimum Gasteiger partial charge on any atom is -0.486 e. The second-order valence-corrected chi connectivity index (χ2v) is 9.81. The standard InChI is InChI=1S/C25H26N2O5S/c1-18(21-10-13-23-24(16-21)32-15-14-31-23)26-25(28)20-8-11-22(12-9-20)27(33(2,29)30)17-19-6-4-3-5-7-19/h3-13,16,18H,14-15,17H2,1-2H3,(H,26,28)/t18-/m0/s1. The zero-order valence-electron chi connectivity index (χ0n) is 18.5. The van der Waals surface area contributed by atoms with Crippen molar-refractivity contribution in [2.24, 2.45) is 0 Å². The monoisotopic (exact) mass is 466 g/mol. The maximum atomic E-state index is 12.8. The van der Waals surface area contributed by atoms with Gasteiger partial charge in [-0.05, 0) is 54.4 Å². The number of carbonyl (C=O) groups is 1. The first-order valence-electron chi connectivity index (χ1n) is 10.6. The van der Waals surface area contributed by atoms with Crippen LogP contribution < -0.4 is 19.1 Å². The molecule has 1 amide bonds. The van der Waals surface area contributed by atoms with Crippen LogP contribution in [0.3, 0.4) is 0 Å². The lowest BCUT2D eigenvalue weighted by molar-refractivity contribution is 0.0939. The molecule has 7 nitrogen and oxygen atoms in total. The number of hydrogen-bond acceptors (Lipinski definition) is 5. The molecule has 0 radical (unpaired) electrons. The van der Waals surface area contributed by atoms with Crippen LogP contribution in [0.1, 0.15) is 34.5 Å². The van der Waals surface area contributed by atoms with Crippen molar-refractivity contribution >= 4 is 21.6 Å². The Hall–Kier alpha value is -3.52. The van der Waals surface area contributed by atoms with Crippen LogP contribution in [-0.4, -0.2) is 33.8 Å². The summed E-state index contributed by atoms with van der Waals surface area (Å²) in [4.78, 5) is 12.8. The molecular formula is C25H26N2O5S. The molecular weight excluding hydrogens is 440 g/mol. The molecule has 1 atom stereocenters. The van der Waals surface area contributed by atoms with Crippen LogP contribution in [0.15, 0.2) is 72.8 Å². The van der Waals surface area contributed by atoms with Crippen LogP contribution >= 0.6 is 0 Å². The van der Waals surface area contributed by atoms with Crippen molar-refractivity contribution in [3.05, 3.63) is 89.5 Å².